The molecular formula is C26H35O9P. The number of hydrogen-bond acceptors (Lipinski definition) is 9. The summed E-state index contributed by atoms with van der Waals surface area (Å²) in [6.07, 6.45) is -2.11. The van der Waals surface area contributed by atoms with Crippen LogP contribution in [0, 0.1) is 10.8 Å². The van der Waals surface area contributed by atoms with Crippen molar-refractivity contribution >= 4 is 20.2 Å². The summed E-state index contributed by atoms with van der Waals surface area (Å²) in [5.41, 5.74) is -0.402. The molecule has 0 N–H and O–H groups in total. The first-order valence-electron chi connectivity index (χ1n) is 11.3. The van der Waals surface area contributed by atoms with E-state index in [0.717, 1.165) is 0 Å². The van der Waals surface area contributed by atoms with Gasteiger partial charge in [0, 0.05) is 25.3 Å². The van der Waals surface area contributed by atoms with Gasteiger partial charge in [0.1, 0.15) is 11.5 Å². The average molecular weight is 523 g/mol. The first kappa shape index (κ1) is 29.7. The van der Waals surface area contributed by atoms with Gasteiger partial charge in [-0.15, -0.1) is 0 Å². The summed E-state index contributed by atoms with van der Waals surface area (Å²) in [6.45, 7) is 10.5. The lowest BCUT2D eigenvalue weighted by atomic mass is 9.97. The van der Waals surface area contributed by atoms with Crippen LogP contribution in [-0.4, -0.2) is 26.2 Å². The van der Waals surface area contributed by atoms with Gasteiger partial charge in [0.15, 0.2) is 12.6 Å². The van der Waals surface area contributed by atoms with Crippen LogP contribution in [0.5, 0.6) is 11.5 Å². The minimum absolute atomic E-state index is 0.301. The molecule has 198 valence electrons. The van der Waals surface area contributed by atoms with Crippen molar-refractivity contribution in [3.8, 4) is 11.5 Å². The second-order valence-electron chi connectivity index (χ2n) is 10.0. The highest BCUT2D eigenvalue weighted by Crippen LogP contribution is 2.40. The van der Waals surface area contributed by atoms with E-state index in [-0.39, 0.29) is 0 Å². The third kappa shape index (κ3) is 8.84. The summed E-state index contributed by atoms with van der Waals surface area (Å²) in [5.74, 6) is -0.195. The monoisotopic (exact) mass is 522 g/mol. The van der Waals surface area contributed by atoms with Gasteiger partial charge < -0.3 is 18.9 Å². The Morgan fingerprint density at radius 2 is 1.06 bits per heavy atom. The lowest BCUT2D eigenvalue weighted by Gasteiger charge is -2.21. The SMILES string of the molecule is COC(O[PH](=O)OC(OC)c1cccc(OC(=O)C(C)(C)C)c1)c1cccc(OC(=O)C(C)(C)C)c1. The molecule has 0 aromatic heterocycles. The number of benzene rings is 2. The molecule has 2 aromatic carbocycles. The number of methoxy groups -OCH3 is 2. The Morgan fingerprint density at radius 3 is 1.36 bits per heavy atom. The van der Waals surface area contributed by atoms with Gasteiger partial charge in [-0.3, -0.25) is 23.2 Å². The van der Waals surface area contributed by atoms with E-state index in [1.165, 1.54) is 14.2 Å². The fourth-order valence-electron chi connectivity index (χ4n) is 2.68. The largest absolute Gasteiger partial charge is 0.426 e. The highest BCUT2D eigenvalue weighted by atomic mass is 31.1. The molecule has 0 heterocycles. The van der Waals surface area contributed by atoms with Crippen LogP contribution in [0.4, 0.5) is 0 Å². The number of esters is 2. The van der Waals surface area contributed by atoms with Gasteiger partial charge in [0.05, 0.1) is 10.8 Å². The van der Waals surface area contributed by atoms with Crippen molar-refractivity contribution in [2.45, 2.75) is 54.1 Å². The fraction of sp³-hybridized carbons (Fsp3) is 0.462. The Morgan fingerprint density at radius 1 is 0.694 bits per heavy atom. The van der Waals surface area contributed by atoms with Crippen LogP contribution < -0.4 is 9.47 Å². The summed E-state index contributed by atoms with van der Waals surface area (Å²) >= 11 is 0. The third-order valence-electron chi connectivity index (χ3n) is 4.74. The number of rotatable bonds is 10. The molecule has 2 unspecified atom stereocenters. The molecule has 0 aliphatic rings. The van der Waals surface area contributed by atoms with Gasteiger partial charge in [-0.05, 0) is 65.8 Å². The Balaban J connectivity index is 2.10. The van der Waals surface area contributed by atoms with Crippen LogP contribution in [0.1, 0.15) is 65.2 Å². The van der Waals surface area contributed by atoms with Crippen molar-refractivity contribution in [3.63, 3.8) is 0 Å². The van der Waals surface area contributed by atoms with Crippen molar-refractivity contribution in [2.75, 3.05) is 14.2 Å². The molecule has 0 radical (unpaired) electrons. The lowest BCUT2D eigenvalue weighted by molar-refractivity contribution is -0.143. The molecular weight excluding hydrogens is 487 g/mol. The average Bonchev–Trinajstić information content (AvgIpc) is 2.80. The topological polar surface area (TPSA) is 107 Å². The predicted molar refractivity (Wildman–Crippen MR) is 134 cm³/mol. The van der Waals surface area contributed by atoms with Crippen molar-refractivity contribution in [1.29, 1.82) is 0 Å². The maximum atomic E-state index is 12.7. The lowest BCUT2D eigenvalue weighted by Crippen LogP contribution is -2.25. The standard InChI is InChI=1S/C26H35O9P/c1-25(2,3)23(27)32-19-13-9-11-17(15-19)21(30-7)34-36(29)35-22(31-8)18-12-10-14-20(16-18)33-24(28)26(4,5)6/h9-16,21-22,36H,1-8H3. The number of ether oxygens (including phenoxy) is 4. The zero-order chi connectivity index (χ0) is 27.1. The van der Waals surface area contributed by atoms with E-state index < -0.39 is 43.6 Å². The van der Waals surface area contributed by atoms with Crippen LogP contribution in [-0.2, 0) is 32.7 Å². The van der Waals surface area contributed by atoms with E-state index in [4.69, 9.17) is 28.0 Å². The number of carbonyl (C=O) groups excluding carboxylic acids is 2. The number of carbonyl (C=O) groups is 2. The highest BCUT2D eigenvalue weighted by molar-refractivity contribution is 7.33. The van der Waals surface area contributed by atoms with Gasteiger partial charge in [-0.25, -0.2) is 0 Å². The molecule has 0 fully saturated rings. The molecule has 10 heteroatoms. The second-order valence-corrected chi connectivity index (χ2v) is 11.0. The molecule has 0 saturated heterocycles. The van der Waals surface area contributed by atoms with E-state index in [1.807, 2.05) is 0 Å². The molecule has 0 aliphatic carbocycles. The molecule has 2 atom stereocenters. The molecule has 2 rings (SSSR count). The summed E-state index contributed by atoms with van der Waals surface area (Å²) < 4.78 is 45.2. The van der Waals surface area contributed by atoms with Gasteiger partial charge in [0.25, 0.3) is 0 Å². The van der Waals surface area contributed by atoms with Crippen LogP contribution in [0.15, 0.2) is 48.5 Å². The molecule has 0 aliphatic heterocycles. The van der Waals surface area contributed by atoms with Crippen LogP contribution in [0.3, 0.4) is 0 Å². The Labute approximate surface area is 212 Å². The smallest absolute Gasteiger partial charge is 0.324 e. The van der Waals surface area contributed by atoms with Gasteiger partial charge >= 0.3 is 20.2 Å². The van der Waals surface area contributed by atoms with Crippen LogP contribution in [0.25, 0.3) is 0 Å². The molecule has 2 aromatic rings. The predicted octanol–water partition coefficient (Wildman–Crippen LogP) is 6.00. The van der Waals surface area contributed by atoms with E-state index in [0.29, 0.717) is 22.6 Å². The minimum Gasteiger partial charge on any atom is -0.426 e. The Bertz CT molecular complexity index is 986. The van der Waals surface area contributed by atoms with E-state index >= 15 is 0 Å². The quantitative estimate of drug-likeness (QED) is 0.161. The third-order valence-corrected chi connectivity index (χ3v) is 5.55. The highest BCUT2D eigenvalue weighted by Gasteiger charge is 2.26. The molecule has 0 spiro atoms. The van der Waals surface area contributed by atoms with Crippen molar-refractivity contribution in [3.05, 3.63) is 59.7 Å². The maximum Gasteiger partial charge on any atom is 0.324 e. The van der Waals surface area contributed by atoms with Crippen molar-refractivity contribution < 1.29 is 42.1 Å². The maximum absolute atomic E-state index is 12.7. The summed E-state index contributed by atoms with van der Waals surface area (Å²) in [6, 6.07) is 13.1. The van der Waals surface area contributed by atoms with E-state index in [1.54, 1.807) is 90.1 Å². The van der Waals surface area contributed by atoms with Crippen LogP contribution in [0.2, 0.25) is 0 Å². The van der Waals surface area contributed by atoms with Crippen molar-refractivity contribution in [2.24, 2.45) is 10.8 Å². The van der Waals surface area contributed by atoms with Crippen molar-refractivity contribution in [1.82, 2.24) is 0 Å². The first-order chi connectivity index (χ1) is 16.7. The fourth-order valence-corrected chi connectivity index (χ4v) is 3.55. The molecule has 9 nitrogen and oxygen atoms in total. The van der Waals surface area contributed by atoms with Gasteiger partial charge in [-0.2, -0.15) is 0 Å². The zero-order valence-corrected chi connectivity index (χ0v) is 22.9. The molecule has 0 saturated carbocycles. The van der Waals surface area contributed by atoms with E-state index in [9.17, 15) is 14.2 Å². The Kier molecular flexibility index (Phi) is 10.4. The number of hydrogen-bond donors (Lipinski definition) is 0. The Hall–Kier alpha value is -2.55. The molecule has 0 bridgehead atoms. The summed E-state index contributed by atoms with van der Waals surface area (Å²) in [7, 11) is -0.371. The van der Waals surface area contributed by atoms with Gasteiger partial charge in [0.2, 0.25) is 0 Å². The summed E-state index contributed by atoms with van der Waals surface area (Å²) in [5, 5.41) is 0. The normalized spacial score (nSPS) is 14.6. The first-order valence-corrected chi connectivity index (χ1v) is 12.5. The van der Waals surface area contributed by atoms with Gasteiger partial charge in [-0.1, -0.05) is 24.3 Å². The van der Waals surface area contributed by atoms with Crippen LogP contribution >= 0.6 is 8.25 Å². The second kappa shape index (κ2) is 12.6. The summed E-state index contributed by atoms with van der Waals surface area (Å²) in [4.78, 5) is 24.4. The van der Waals surface area contributed by atoms with E-state index in [2.05, 4.69) is 0 Å². The molecule has 0 amide bonds. The zero-order valence-electron chi connectivity index (χ0n) is 21.9. The minimum atomic E-state index is -3.14. The molecule has 36 heavy (non-hydrogen) atoms.